The first kappa shape index (κ1) is 48.3. The molecule has 4 amide bonds. The van der Waals surface area contributed by atoms with Crippen molar-refractivity contribution in [1.82, 2.24) is 31.1 Å². The van der Waals surface area contributed by atoms with Crippen LogP contribution in [0.1, 0.15) is 60.8 Å². The van der Waals surface area contributed by atoms with E-state index in [-0.39, 0.29) is 61.4 Å². The zero-order valence-electron chi connectivity index (χ0n) is 36.7. The van der Waals surface area contributed by atoms with Crippen LogP contribution in [0.2, 0.25) is 0 Å². The molecule has 6 N–H and O–H groups in total. The minimum absolute atomic E-state index is 0.0775. The van der Waals surface area contributed by atoms with Crippen molar-refractivity contribution in [2.24, 2.45) is 11.8 Å². The molecule has 352 valence electrons. The number of halogens is 4. The Balaban J connectivity index is 0.000000196. The molecule has 0 spiro atoms. The fraction of sp³-hybridized carbons (Fsp3) is 0.440. The number of nitrogens with zero attached hydrogens (tertiary/aromatic N) is 2. The maximum absolute atomic E-state index is 13.7. The van der Waals surface area contributed by atoms with Crippen molar-refractivity contribution in [2.45, 2.75) is 101 Å². The summed E-state index contributed by atoms with van der Waals surface area (Å²) in [5, 5.41) is 34.1. The molecular formula is C50H58F4N6O6. The number of hydrogen-bond acceptors (Lipinski definition) is 8. The third-order valence-corrected chi connectivity index (χ3v) is 12.9. The molecule has 4 aliphatic heterocycles. The molecule has 4 fully saturated rings. The van der Waals surface area contributed by atoms with Crippen molar-refractivity contribution in [1.29, 1.82) is 0 Å². The number of carbonyl (C=O) groups is 4. The van der Waals surface area contributed by atoms with Crippen LogP contribution < -0.4 is 21.3 Å². The Morgan fingerprint density at radius 3 is 1.27 bits per heavy atom. The van der Waals surface area contributed by atoms with Gasteiger partial charge in [-0.25, -0.2) is 17.6 Å². The summed E-state index contributed by atoms with van der Waals surface area (Å²) < 4.78 is 54.8. The van der Waals surface area contributed by atoms with Gasteiger partial charge in [0.1, 0.15) is 23.3 Å². The summed E-state index contributed by atoms with van der Waals surface area (Å²) in [6, 6.07) is 23.6. The predicted molar refractivity (Wildman–Crippen MR) is 238 cm³/mol. The fourth-order valence-electron chi connectivity index (χ4n) is 9.46. The molecule has 0 aliphatic carbocycles. The van der Waals surface area contributed by atoms with E-state index in [9.17, 15) is 47.0 Å². The average Bonchev–Trinajstić information content (AvgIpc) is 4.13. The molecule has 4 aromatic carbocycles. The summed E-state index contributed by atoms with van der Waals surface area (Å²) >= 11 is 0. The second-order valence-electron chi connectivity index (χ2n) is 17.9. The maximum atomic E-state index is 13.7. The molecule has 0 radical (unpaired) electrons. The summed E-state index contributed by atoms with van der Waals surface area (Å²) in [4.78, 5) is 54.4. The lowest BCUT2D eigenvalue weighted by molar-refractivity contribution is -0.129. The lowest BCUT2D eigenvalue weighted by Gasteiger charge is -2.29. The average molecular weight is 915 g/mol. The van der Waals surface area contributed by atoms with Crippen LogP contribution in [0, 0.1) is 35.1 Å². The van der Waals surface area contributed by atoms with Crippen molar-refractivity contribution in [3.05, 3.63) is 143 Å². The second-order valence-corrected chi connectivity index (χ2v) is 17.9. The van der Waals surface area contributed by atoms with Gasteiger partial charge in [-0.2, -0.15) is 0 Å². The minimum atomic E-state index is -0.930. The van der Waals surface area contributed by atoms with Gasteiger partial charge < -0.3 is 41.3 Å². The van der Waals surface area contributed by atoms with Gasteiger partial charge in [-0.1, -0.05) is 60.7 Å². The number of aliphatic hydroxyl groups excluding tert-OH is 2. The van der Waals surface area contributed by atoms with Crippen LogP contribution in [-0.4, -0.2) is 106 Å². The molecule has 66 heavy (non-hydrogen) atoms. The van der Waals surface area contributed by atoms with Gasteiger partial charge in [-0.15, -0.1) is 0 Å². The Labute approximate surface area is 382 Å². The number of carbonyl (C=O) groups excluding carboxylic acids is 4. The number of amides is 4. The molecule has 0 unspecified atom stereocenters. The van der Waals surface area contributed by atoms with Gasteiger partial charge in [-0.05, 0) is 98.1 Å². The molecule has 8 atom stereocenters. The van der Waals surface area contributed by atoms with Gasteiger partial charge >= 0.3 is 0 Å². The Bertz CT molecular complexity index is 2080. The molecule has 8 rings (SSSR count). The number of aliphatic hydroxyl groups is 2. The first-order valence-electron chi connectivity index (χ1n) is 22.7. The minimum Gasteiger partial charge on any atom is -0.389 e. The first-order chi connectivity index (χ1) is 31.8. The highest BCUT2D eigenvalue weighted by Gasteiger charge is 2.39. The highest BCUT2D eigenvalue weighted by molar-refractivity contribution is 5.90. The molecule has 0 bridgehead atoms. The number of nitrogens with one attached hydrogen (secondary N) is 4. The van der Waals surface area contributed by atoms with Gasteiger partial charge in [0.15, 0.2) is 0 Å². The third kappa shape index (κ3) is 13.2. The van der Waals surface area contributed by atoms with Gasteiger partial charge in [0, 0.05) is 63.2 Å². The van der Waals surface area contributed by atoms with E-state index in [1.807, 2.05) is 60.7 Å². The highest BCUT2D eigenvalue weighted by atomic mass is 19.1. The van der Waals surface area contributed by atoms with Crippen LogP contribution in [0.4, 0.5) is 17.6 Å². The monoisotopic (exact) mass is 914 g/mol. The largest absolute Gasteiger partial charge is 0.389 e. The summed E-state index contributed by atoms with van der Waals surface area (Å²) in [6.45, 7) is 2.98. The van der Waals surface area contributed by atoms with E-state index >= 15 is 0 Å². The summed E-state index contributed by atoms with van der Waals surface area (Å²) in [6.07, 6.45) is 1.79. The summed E-state index contributed by atoms with van der Waals surface area (Å²) in [5.74, 6) is -4.78. The topological polar surface area (TPSA) is 163 Å². The molecule has 0 aromatic heterocycles. The van der Waals surface area contributed by atoms with Crippen LogP contribution in [0.5, 0.6) is 0 Å². The molecular weight excluding hydrogens is 857 g/mol. The SMILES string of the molecule is O=C(N[C@@H](Cc1cc(F)cc(F)c1)[C@H](O)[C@H]1CCCN1)[C@@H]1CC(=O)N(Cc2ccccc2)C1.O=C(N[C@@H](Cc1cc(F)cc(F)c1)[C@H](O)[C@H]1CCCN1)[C@H]1CC(=O)N(Cc2ccccc2)C1. The Hall–Kier alpha value is -5.68. The van der Waals surface area contributed by atoms with E-state index in [2.05, 4.69) is 21.3 Å². The van der Waals surface area contributed by atoms with Gasteiger partial charge in [0.25, 0.3) is 0 Å². The Morgan fingerprint density at radius 2 is 0.939 bits per heavy atom. The van der Waals surface area contributed by atoms with Crippen LogP contribution >= 0.6 is 0 Å². The third-order valence-electron chi connectivity index (χ3n) is 12.9. The van der Waals surface area contributed by atoms with Crippen LogP contribution in [0.3, 0.4) is 0 Å². The Morgan fingerprint density at radius 1 is 0.576 bits per heavy atom. The normalized spacial score (nSPS) is 22.4. The van der Waals surface area contributed by atoms with Crippen molar-refractivity contribution in [3.63, 3.8) is 0 Å². The quantitative estimate of drug-likeness (QED) is 0.0908. The van der Waals surface area contributed by atoms with Crippen LogP contribution in [-0.2, 0) is 45.1 Å². The molecule has 4 aromatic rings. The lowest BCUT2D eigenvalue weighted by atomic mass is 9.94. The fourth-order valence-corrected chi connectivity index (χ4v) is 9.46. The zero-order chi connectivity index (χ0) is 46.7. The Kier molecular flexibility index (Phi) is 16.6. The van der Waals surface area contributed by atoms with Gasteiger partial charge in [0.05, 0.1) is 36.1 Å². The van der Waals surface area contributed by atoms with Crippen molar-refractivity contribution in [3.8, 4) is 0 Å². The van der Waals surface area contributed by atoms with Crippen LogP contribution in [0.25, 0.3) is 0 Å². The van der Waals surface area contributed by atoms with E-state index in [0.29, 0.717) is 37.3 Å². The van der Waals surface area contributed by atoms with Crippen molar-refractivity contribution >= 4 is 23.6 Å². The first-order valence-corrected chi connectivity index (χ1v) is 22.7. The van der Waals surface area contributed by atoms with E-state index in [1.54, 1.807) is 9.80 Å². The number of hydrogen-bond donors (Lipinski definition) is 6. The molecule has 4 aliphatic rings. The van der Waals surface area contributed by atoms with Crippen LogP contribution in [0.15, 0.2) is 97.1 Å². The predicted octanol–water partition coefficient (Wildman–Crippen LogP) is 4.31. The molecule has 4 saturated heterocycles. The van der Waals surface area contributed by atoms with E-state index in [1.165, 1.54) is 24.3 Å². The second kappa shape index (κ2) is 22.7. The lowest BCUT2D eigenvalue weighted by Crippen LogP contribution is -2.53. The van der Waals surface area contributed by atoms with Gasteiger partial charge in [0.2, 0.25) is 23.6 Å². The zero-order valence-corrected chi connectivity index (χ0v) is 36.7. The van der Waals surface area contributed by atoms with Gasteiger partial charge in [-0.3, -0.25) is 19.2 Å². The van der Waals surface area contributed by atoms with Crippen molar-refractivity contribution < 1.29 is 47.0 Å². The number of likely N-dealkylation sites (tertiary alicyclic amines) is 2. The summed E-state index contributed by atoms with van der Waals surface area (Å²) in [7, 11) is 0. The van der Waals surface area contributed by atoms with E-state index < -0.39 is 59.4 Å². The number of benzene rings is 4. The molecule has 12 nitrogen and oxygen atoms in total. The summed E-state index contributed by atoms with van der Waals surface area (Å²) in [5.41, 5.74) is 2.67. The molecule has 0 saturated carbocycles. The standard InChI is InChI=1S/2C25H29F2N3O3/c2*26-19-9-17(10-20(27)13-19)11-22(24(32)21-7-4-8-28-21)29-25(33)18-12-23(31)30(15-18)14-16-5-2-1-3-6-16/h2*1-3,5-6,9-10,13,18,21-22,24,28,32H,4,7-8,11-12,14-15H2,(H,29,33)/t18-,21+,22-,24+;18-,21-,22+,24-/m01/s1. The van der Waals surface area contributed by atoms with E-state index in [4.69, 9.17) is 0 Å². The highest BCUT2D eigenvalue weighted by Crippen LogP contribution is 2.25. The number of rotatable bonds is 16. The molecule has 4 heterocycles. The van der Waals surface area contributed by atoms with Crippen molar-refractivity contribution in [2.75, 3.05) is 26.2 Å². The molecule has 16 heteroatoms. The van der Waals surface area contributed by atoms with E-state index in [0.717, 1.165) is 62.0 Å². The maximum Gasteiger partial charge on any atom is 0.225 e. The smallest absolute Gasteiger partial charge is 0.225 e.